The van der Waals surface area contributed by atoms with Crippen LogP contribution in [0, 0.1) is 0 Å². The topological polar surface area (TPSA) is 43.8 Å². The molecule has 1 atom stereocenters. The normalized spacial score (nSPS) is 13.1. The Morgan fingerprint density at radius 1 is 1.53 bits per heavy atom. The minimum absolute atomic E-state index is 0.323. The monoisotopic (exact) mass is 269 g/mol. The molecule has 0 saturated carbocycles. The van der Waals surface area contributed by atoms with Gasteiger partial charge >= 0.3 is 0 Å². The van der Waals surface area contributed by atoms with Gasteiger partial charge in [-0.25, -0.2) is 4.98 Å². The predicted octanol–water partition coefficient (Wildman–Crippen LogP) is 3.59. The molecule has 0 bridgehead atoms. The smallest absolute Gasteiger partial charge is 0.201 e. The Morgan fingerprint density at radius 3 is 3.00 bits per heavy atom. The van der Waals surface area contributed by atoms with E-state index in [1.165, 1.54) is 0 Å². The molecule has 0 amide bonds. The molecule has 0 aliphatic heterocycles. The van der Waals surface area contributed by atoms with Crippen LogP contribution in [0.5, 0.6) is 0 Å². The van der Waals surface area contributed by atoms with Gasteiger partial charge in [-0.05, 0) is 30.9 Å². The van der Waals surface area contributed by atoms with Crippen LogP contribution in [0.1, 0.15) is 19.9 Å². The first-order chi connectivity index (χ1) is 8.13. The first-order valence-electron chi connectivity index (χ1n) is 5.64. The first kappa shape index (κ1) is 12.6. The van der Waals surface area contributed by atoms with E-state index in [1.54, 1.807) is 0 Å². The molecule has 0 radical (unpaired) electrons. The van der Waals surface area contributed by atoms with E-state index in [9.17, 15) is 0 Å². The van der Waals surface area contributed by atoms with Crippen LogP contribution in [0.4, 0.5) is 5.95 Å². The van der Waals surface area contributed by atoms with Gasteiger partial charge in [0.05, 0.1) is 11.0 Å². The second-order valence-corrected chi connectivity index (χ2v) is 5.74. The highest BCUT2D eigenvalue weighted by molar-refractivity contribution is 7.99. The average Bonchev–Trinajstić information content (AvgIpc) is 2.61. The molecule has 92 valence electrons. The summed E-state index contributed by atoms with van der Waals surface area (Å²) >= 11 is 7.92. The first-order valence-corrected chi connectivity index (χ1v) is 7.17. The Morgan fingerprint density at radius 2 is 2.29 bits per heavy atom. The molecule has 1 aromatic carbocycles. The van der Waals surface area contributed by atoms with Crippen LogP contribution in [0.3, 0.4) is 0 Å². The Balaban J connectivity index is 2.44. The van der Waals surface area contributed by atoms with Gasteiger partial charge in [0.25, 0.3) is 0 Å². The predicted molar refractivity (Wildman–Crippen MR) is 76.9 cm³/mol. The van der Waals surface area contributed by atoms with Crippen LogP contribution in [0.25, 0.3) is 11.0 Å². The van der Waals surface area contributed by atoms with E-state index in [4.69, 9.17) is 17.3 Å². The van der Waals surface area contributed by atoms with Crippen molar-refractivity contribution in [2.45, 2.75) is 19.9 Å². The molecule has 1 unspecified atom stereocenters. The number of imidazole rings is 1. The molecule has 2 N–H and O–H groups in total. The van der Waals surface area contributed by atoms with Gasteiger partial charge in [-0.1, -0.05) is 18.5 Å². The Hall–Kier alpha value is -0.870. The second kappa shape index (κ2) is 5.19. The lowest BCUT2D eigenvalue weighted by Crippen LogP contribution is -2.11. The summed E-state index contributed by atoms with van der Waals surface area (Å²) in [6.07, 6.45) is 0. The fraction of sp³-hybridized carbons (Fsp3) is 0.417. The summed E-state index contributed by atoms with van der Waals surface area (Å²) in [4.78, 5) is 4.36. The van der Waals surface area contributed by atoms with Gasteiger partial charge in [0, 0.05) is 16.8 Å². The van der Waals surface area contributed by atoms with Crippen LogP contribution < -0.4 is 5.73 Å². The zero-order valence-electron chi connectivity index (χ0n) is 9.98. The maximum absolute atomic E-state index is 6.02. The number of nitrogens with zero attached hydrogens (tertiary/aromatic N) is 2. The minimum Gasteiger partial charge on any atom is -0.369 e. The molecule has 5 heteroatoms. The van der Waals surface area contributed by atoms with Crippen molar-refractivity contribution in [2.75, 3.05) is 17.2 Å². The second-order valence-electron chi connectivity index (χ2n) is 3.98. The largest absolute Gasteiger partial charge is 0.369 e. The lowest BCUT2D eigenvalue weighted by Gasteiger charge is -2.15. The van der Waals surface area contributed by atoms with Crippen LogP contribution in [0.2, 0.25) is 5.02 Å². The Kier molecular flexibility index (Phi) is 3.84. The van der Waals surface area contributed by atoms with Crippen molar-refractivity contribution < 1.29 is 0 Å². The van der Waals surface area contributed by atoms with E-state index >= 15 is 0 Å². The van der Waals surface area contributed by atoms with Crippen molar-refractivity contribution >= 4 is 40.3 Å². The van der Waals surface area contributed by atoms with E-state index in [0.717, 1.165) is 22.5 Å². The van der Waals surface area contributed by atoms with Crippen molar-refractivity contribution in [2.24, 2.45) is 0 Å². The van der Waals surface area contributed by atoms with E-state index in [-0.39, 0.29) is 0 Å². The third-order valence-corrected chi connectivity index (χ3v) is 4.04. The van der Waals surface area contributed by atoms with Gasteiger partial charge in [-0.3, -0.25) is 0 Å². The third-order valence-electron chi connectivity index (χ3n) is 2.68. The SMILES string of the molecule is CCSCC(C)n1c(N)nc2ccc(Cl)cc21. The Labute approximate surface area is 110 Å². The van der Waals surface area contributed by atoms with Crippen molar-refractivity contribution in [3.05, 3.63) is 23.2 Å². The number of fused-ring (bicyclic) bond motifs is 1. The highest BCUT2D eigenvalue weighted by atomic mass is 35.5. The quantitative estimate of drug-likeness (QED) is 0.923. The molecular formula is C12H16ClN3S. The molecule has 0 aliphatic rings. The van der Waals surface area contributed by atoms with Crippen molar-refractivity contribution in [3.63, 3.8) is 0 Å². The number of hydrogen-bond acceptors (Lipinski definition) is 3. The number of hydrogen-bond donors (Lipinski definition) is 1. The number of halogens is 1. The average molecular weight is 270 g/mol. The molecule has 1 heterocycles. The molecule has 2 aromatic rings. The summed E-state index contributed by atoms with van der Waals surface area (Å²) in [5, 5.41) is 0.717. The summed E-state index contributed by atoms with van der Waals surface area (Å²) in [6.45, 7) is 4.31. The number of benzene rings is 1. The van der Waals surface area contributed by atoms with E-state index in [1.807, 2.05) is 30.0 Å². The summed E-state index contributed by atoms with van der Waals surface area (Å²) in [5.41, 5.74) is 7.89. The Bertz CT molecular complexity index is 524. The highest BCUT2D eigenvalue weighted by Gasteiger charge is 2.13. The zero-order chi connectivity index (χ0) is 12.4. The number of nitrogens with two attached hydrogens (primary N) is 1. The van der Waals surface area contributed by atoms with Gasteiger partial charge in [0.15, 0.2) is 0 Å². The summed E-state index contributed by atoms with van der Waals surface area (Å²) in [6, 6.07) is 5.99. The van der Waals surface area contributed by atoms with Crippen LogP contribution in [-0.4, -0.2) is 21.1 Å². The van der Waals surface area contributed by atoms with Crippen LogP contribution in [-0.2, 0) is 0 Å². The fourth-order valence-electron chi connectivity index (χ4n) is 1.91. The number of aromatic nitrogens is 2. The van der Waals surface area contributed by atoms with Crippen LogP contribution >= 0.6 is 23.4 Å². The maximum atomic E-state index is 6.02. The van der Waals surface area contributed by atoms with Gasteiger partial charge in [0.1, 0.15) is 0 Å². The van der Waals surface area contributed by atoms with Crippen molar-refractivity contribution in [1.29, 1.82) is 0 Å². The molecule has 3 nitrogen and oxygen atoms in total. The van der Waals surface area contributed by atoms with Crippen LogP contribution in [0.15, 0.2) is 18.2 Å². The lowest BCUT2D eigenvalue weighted by molar-refractivity contribution is 0.637. The standard InChI is InChI=1S/C12H16ClN3S/c1-3-17-7-8(2)16-11-6-9(13)4-5-10(11)15-12(16)14/h4-6,8H,3,7H2,1-2H3,(H2,14,15). The molecule has 17 heavy (non-hydrogen) atoms. The lowest BCUT2D eigenvalue weighted by atomic mass is 10.3. The summed E-state index contributed by atoms with van der Waals surface area (Å²) in [7, 11) is 0. The van der Waals surface area contributed by atoms with E-state index in [0.29, 0.717) is 17.0 Å². The van der Waals surface area contributed by atoms with E-state index in [2.05, 4.69) is 23.4 Å². The molecule has 0 saturated heterocycles. The van der Waals surface area contributed by atoms with E-state index < -0.39 is 0 Å². The number of nitrogen functional groups attached to an aromatic ring is 1. The molecule has 0 aliphatic carbocycles. The van der Waals surface area contributed by atoms with Gasteiger partial charge < -0.3 is 10.3 Å². The zero-order valence-corrected chi connectivity index (χ0v) is 11.6. The third kappa shape index (κ3) is 2.53. The minimum atomic E-state index is 0.323. The number of thioether (sulfide) groups is 1. The number of anilines is 1. The highest BCUT2D eigenvalue weighted by Crippen LogP contribution is 2.27. The van der Waals surface area contributed by atoms with Gasteiger partial charge in [0.2, 0.25) is 5.95 Å². The van der Waals surface area contributed by atoms with Crippen molar-refractivity contribution in [1.82, 2.24) is 9.55 Å². The van der Waals surface area contributed by atoms with Gasteiger partial charge in [-0.15, -0.1) is 0 Å². The summed E-state index contributed by atoms with van der Waals surface area (Å²) in [5.74, 6) is 2.70. The molecule has 1 aromatic heterocycles. The fourth-order valence-corrected chi connectivity index (χ4v) is 2.80. The van der Waals surface area contributed by atoms with Gasteiger partial charge in [-0.2, -0.15) is 11.8 Å². The summed E-state index contributed by atoms with van der Waals surface area (Å²) < 4.78 is 2.06. The maximum Gasteiger partial charge on any atom is 0.201 e. The number of rotatable bonds is 4. The molecular weight excluding hydrogens is 254 g/mol. The van der Waals surface area contributed by atoms with Crippen molar-refractivity contribution in [3.8, 4) is 0 Å². The molecule has 0 spiro atoms. The molecule has 2 rings (SSSR count). The molecule has 0 fully saturated rings.